The van der Waals surface area contributed by atoms with Gasteiger partial charge in [0, 0.05) is 47.5 Å². The number of hydrogen-bond acceptors (Lipinski definition) is 6. The predicted molar refractivity (Wildman–Crippen MR) is 140 cm³/mol. The summed E-state index contributed by atoms with van der Waals surface area (Å²) in [4.78, 5) is 28.2. The van der Waals surface area contributed by atoms with Gasteiger partial charge in [-0.15, -0.1) is 0 Å². The van der Waals surface area contributed by atoms with Crippen LogP contribution in [-0.4, -0.2) is 71.5 Å². The second kappa shape index (κ2) is 11.9. The Labute approximate surface area is 227 Å². The smallest absolute Gasteiger partial charge is 0.332 e. The molecule has 0 fully saturated rings. The first-order chi connectivity index (χ1) is 18.9. The fraction of sp³-hybridized carbons (Fsp3) is 0.286. The highest BCUT2D eigenvalue weighted by Crippen LogP contribution is 2.23. The Morgan fingerprint density at radius 1 is 0.725 bits per heavy atom. The van der Waals surface area contributed by atoms with Crippen molar-refractivity contribution in [2.24, 2.45) is 0 Å². The van der Waals surface area contributed by atoms with Crippen molar-refractivity contribution in [3.63, 3.8) is 0 Å². The lowest BCUT2D eigenvalue weighted by Crippen LogP contribution is -2.36. The van der Waals surface area contributed by atoms with Gasteiger partial charge in [-0.3, -0.25) is 9.80 Å². The van der Waals surface area contributed by atoms with E-state index in [0.29, 0.717) is 11.0 Å². The van der Waals surface area contributed by atoms with E-state index in [-0.39, 0.29) is 23.9 Å². The highest BCUT2D eigenvalue weighted by atomic mass is 19.1. The SMILES string of the molecule is CN(C)C(Cn1ccc2c(F)cc(F)cc21)OC(=O)/C=C/C(=O)OC(Cn1ccc2c(F)cc(F)cc21)N(C)C. The molecule has 0 saturated heterocycles. The van der Waals surface area contributed by atoms with Crippen molar-refractivity contribution < 1.29 is 36.6 Å². The molecule has 12 heteroatoms. The summed E-state index contributed by atoms with van der Waals surface area (Å²) in [6.07, 6.45) is 3.29. The van der Waals surface area contributed by atoms with Gasteiger partial charge in [0.2, 0.25) is 0 Å². The van der Waals surface area contributed by atoms with Crippen molar-refractivity contribution in [2.45, 2.75) is 25.5 Å². The molecule has 0 spiro atoms. The van der Waals surface area contributed by atoms with Crippen molar-refractivity contribution in [2.75, 3.05) is 28.2 Å². The number of carbonyl (C=O) groups excluding carboxylic acids is 2. The van der Waals surface area contributed by atoms with Crippen molar-refractivity contribution in [3.8, 4) is 0 Å². The first-order valence-electron chi connectivity index (χ1n) is 12.2. The molecule has 4 aromatic rings. The molecule has 0 aliphatic carbocycles. The molecular formula is C28H28F4N4O4. The van der Waals surface area contributed by atoms with Crippen molar-refractivity contribution >= 4 is 33.7 Å². The minimum atomic E-state index is -0.840. The van der Waals surface area contributed by atoms with E-state index in [0.717, 1.165) is 24.3 Å². The Kier molecular flexibility index (Phi) is 8.60. The summed E-state index contributed by atoms with van der Waals surface area (Å²) < 4.78 is 69.6. The number of benzene rings is 2. The summed E-state index contributed by atoms with van der Waals surface area (Å²) in [5.74, 6) is -4.54. The van der Waals surface area contributed by atoms with Crippen LogP contribution in [0.4, 0.5) is 17.6 Å². The van der Waals surface area contributed by atoms with Gasteiger partial charge in [-0.05, 0) is 52.5 Å². The molecule has 8 nitrogen and oxygen atoms in total. The maximum atomic E-state index is 14.1. The Morgan fingerprint density at radius 3 is 1.45 bits per heavy atom. The monoisotopic (exact) mass is 560 g/mol. The van der Waals surface area contributed by atoms with Crippen LogP contribution < -0.4 is 0 Å². The van der Waals surface area contributed by atoms with Crippen molar-refractivity contribution in [3.05, 3.63) is 84.2 Å². The summed E-state index contributed by atoms with van der Waals surface area (Å²) in [5, 5.41) is 0.456. The molecule has 2 aromatic carbocycles. The Morgan fingerprint density at radius 2 is 1.10 bits per heavy atom. The Bertz CT molecular complexity index is 1460. The number of aromatic nitrogens is 2. The molecule has 2 heterocycles. The van der Waals surface area contributed by atoms with E-state index >= 15 is 0 Å². The van der Waals surface area contributed by atoms with E-state index < -0.39 is 47.7 Å². The molecule has 0 amide bonds. The van der Waals surface area contributed by atoms with E-state index in [2.05, 4.69) is 0 Å². The van der Waals surface area contributed by atoms with E-state index in [1.807, 2.05) is 0 Å². The van der Waals surface area contributed by atoms with Crippen LogP contribution in [0.15, 0.2) is 60.9 Å². The first-order valence-corrected chi connectivity index (χ1v) is 12.2. The predicted octanol–water partition coefficient (Wildman–Crippen LogP) is 4.27. The topological polar surface area (TPSA) is 68.9 Å². The minimum Gasteiger partial charge on any atom is -0.441 e. The lowest BCUT2D eigenvalue weighted by Gasteiger charge is -2.25. The lowest BCUT2D eigenvalue weighted by atomic mass is 10.2. The van der Waals surface area contributed by atoms with Crippen LogP contribution in [0.5, 0.6) is 0 Å². The Balaban J connectivity index is 1.40. The number of halogens is 4. The lowest BCUT2D eigenvalue weighted by molar-refractivity contribution is -0.154. The van der Waals surface area contributed by atoms with Crippen LogP contribution in [0.1, 0.15) is 0 Å². The normalized spacial score (nSPS) is 13.6. The number of likely N-dealkylation sites (N-methyl/N-ethyl adjacent to an activating group) is 2. The summed E-state index contributed by atoms with van der Waals surface area (Å²) in [6.45, 7) is 0.135. The van der Waals surface area contributed by atoms with Gasteiger partial charge >= 0.3 is 11.9 Å². The molecule has 0 aliphatic heterocycles. The number of ether oxygens (including phenoxy) is 2. The van der Waals surface area contributed by atoms with E-state index in [1.54, 1.807) is 59.5 Å². The number of fused-ring (bicyclic) bond motifs is 2. The number of esters is 2. The fourth-order valence-corrected chi connectivity index (χ4v) is 4.19. The molecule has 2 unspecified atom stereocenters. The van der Waals surface area contributed by atoms with Crippen molar-refractivity contribution in [1.82, 2.24) is 18.9 Å². The second-order valence-corrected chi connectivity index (χ2v) is 9.62. The van der Waals surface area contributed by atoms with Crippen molar-refractivity contribution in [1.29, 1.82) is 0 Å². The third-order valence-electron chi connectivity index (χ3n) is 6.32. The molecule has 2 aromatic heterocycles. The second-order valence-electron chi connectivity index (χ2n) is 9.62. The summed E-state index contributed by atoms with van der Waals surface area (Å²) in [6, 6.07) is 6.96. The average Bonchev–Trinajstić information content (AvgIpc) is 3.46. The van der Waals surface area contributed by atoms with Gasteiger partial charge in [0.15, 0.2) is 12.5 Å². The van der Waals surface area contributed by atoms with Gasteiger partial charge in [-0.2, -0.15) is 0 Å². The van der Waals surface area contributed by atoms with Gasteiger partial charge in [-0.1, -0.05) is 0 Å². The Hall–Kier alpha value is -4.16. The van der Waals surface area contributed by atoms with Crippen LogP contribution in [0.3, 0.4) is 0 Å². The van der Waals surface area contributed by atoms with Crippen LogP contribution in [-0.2, 0) is 32.2 Å². The number of hydrogen-bond donors (Lipinski definition) is 0. The largest absolute Gasteiger partial charge is 0.441 e. The molecule has 0 bridgehead atoms. The molecule has 0 radical (unpaired) electrons. The van der Waals surface area contributed by atoms with E-state index in [1.165, 1.54) is 24.3 Å². The molecular weight excluding hydrogens is 532 g/mol. The summed E-state index contributed by atoms with van der Waals surface area (Å²) >= 11 is 0. The summed E-state index contributed by atoms with van der Waals surface area (Å²) in [5.41, 5.74) is 0.602. The number of nitrogens with zero attached hydrogens (tertiary/aromatic N) is 4. The average molecular weight is 561 g/mol. The van der Waals surface area contributed by atoms with Gasteiger partial charge in [0.25, 0.3) is 0 Å². The zero-order valence-corrected chi connectivity index (χ0v) is 22.3. The molecule has 40 heavy (non-hydrogen) atoms. The molecule has 2 atom stereocenters. The molecule has 4 rings (SSSR count). The minimum absolute atomic E-state index is 0.0676. The van der Waals surface area contributed by atoms with Crippen LogP contribution >= 0.6 is 0 Å². The quantitative estimate of drug-likeness (QED) is 0.125. The third kappa shape index (κ3) is 6.52. The summed E-state index contributed by atoms with van der Waals surface area (Å²) in [7, 11) is 6.64. The molecule has 212 valence electrons. The highest BCUT2D eigenvalue weighted by molar-refractivity contribution is 5.91. The van der Waals surface area contributed by atoms with Crippen LogP contribution in [0, 0.1) is 23.3 Å². The van der Waals surface area contributed by atoms with Gasteiger partial charge in [-0.25, -0.2) is 27.2 Å². The molecule has 0 N–H and O–H groups in total. The van der Waals surface area contributed by atoms with Gasteiger partial charge in [0.1, 0.15) is 23.3 Å². The first kappa shape index (κ1) is 28.8. The van der Waals surface area contributed by atoms with Gasteiger partial charge in [0.05, 0.1) is 24.1 Å². The van der Waals surface area contributed by atoms with Crippen LogP contribution in [0.2, 0.25) is 0 Å². The molecule has 0 saturated carbocycles. The van der Waals surface area contributed by atoms with Crippen LogP contribution in [0.25, 0.3) is 21.8 Å². The number of rotatable bonds is 10. The van der Waals surface area contributed by atoms with E-state index in [4.69, 9.17) is 9.47 Å². The van der Waals surface area contributed by atoms with Gasteiger partial charge < -0.3 is 18.6 Å². The van der Waals surface area contributed by atoms with E-state index in [9.17, 15) is 27.2 Å². The highest BCUT2D eigenvalue weighted by Gasteiger charge is 2.21. The zero-order valence-electron chi connectivity index (χ0n) is 22.3. The number of carbonyl (C=O) groups is 2. The zero-order chi connectivity index (χ0) is 29.1. The fourth-order valence-electron chi connectivity index (χ4n) is 4.19. The maximum Gasteiger partial charge on any atom is 0.332 e. The third-order valence-corrected chi connectivity index (χ3v) is 6.32. The maximum absolute atomic E-state index is 14.1. The molecule has 0 aliphatic rings. The standard InChI is InChI=1S/C28H28F4N4O4/c1-33(2)25(15-35-9-7-19-21(31)11-17(29)13-23(19)35)39-27(37)5-6-28(38)40-26(34(3)4)16-36-10-8-20-22(32)12-18(30)14-24(20)36/h5-14,25-26H,15-16H2,1-4H3/b6-5+.